The molecule has 0 unspecified atom stereocenters. The molecule has 4 N–H and O–H groups in total. The van der Waals surface area contributed by atoms with E-state index in [0.29, 0.717) is 0 Å². The van der Waals surface area contributed by atoms with Crippen LogP contribution in [0.5, 0.6) is 0 Å². The molecule has 0 saturated carbocycles. The van der Waals surface area contributed by atoms with Crippen molar-refractivity contribution >= 4 is 17.4 Å². The van der Waals surface area contributed by atoms with E-state index in [1.807, 2.05) is 0 Å². The van der Waals surface area contributed by atoms with Crippen molar-refractivity contribution < 1.29 is 22.4 Å². The van der Waals surface area contributed by atoms with E-state index < -0.39 is 34.9 Å². The van der Waals surface area contributed by atoms with E-state index in [1.165, 1.54) is 0 Å². The number of benzene rings is 1. The Balaban J connectivity index is 2.40. The highest BCUT2D eigenvalue weighted by molar-refractivity contribution is 6.07. The van der Waals surface area contributed by atoms with Gasteiger partial charge in [-0.3, -0.25) is 9.89 Å². The van der Waals surface area contributed by atoms with Crippen LogP contribution >= 0.6 is 0 Å². The van der Waals surface area contributed by atoms with Gasteiger partial charge in [0.25, 0.3) is 5.91 Å². The van der Waals surface area contributed by atoms with E-state index in [9.17, 15) is 22.4 Å². The topological polar surface area (TPSA) is 83.8 Å². The third-order valence-corrected chi connectivity index (χ3v) is 2.26. The number of aromatic nitrogens is 2. The van der Waals surface area contributed by atoms with Gasteiger partial charge in [0.15, 0.2) is 23.3 Å². The maximum absolute atomic E-state index is 13.3. The fraction of sp³-hybridized carbons (Fsp3) is 0. The van der Waals surface area contributed by atoms with Crippen LogP contribution in [0.2, 0.25) is 0 Å². The van der Waals surface area contributed by atoms with Crippen molar-refractivity contribution in [1.82, 2.24) is 10.2 Å². The number of aromatic amines is 1. The second-order valence-electron chi connectivity index (χ2n) is 3.49. The van der Waals surface area contributed by atoms with Crippen LogP contribution in [-0.4, -0.2) is 16.1 Å². The van der Waals surface area contributed by atoms with Gasteiger partial charge in [-0.1, -0.05) is 0 Å². The van der Waals surface area contributed by atoms with Gasteiger partial charge < -0.3 is 11.1 Å². The van der Waals surface area contributed by atoms with Crippen molar-refractivity contribution in [2.75, 3.05) is 11.1 Å². The smallest absolute Gasteiger partial charge is 0.261 e. The van der Waals surface area contributed by atoms with Gasteiger partial charge >= 0.3 is 0 Å². The zero-order valence-corrected chi connectivity index (χ0v) is 9.10. The fourth-order valence-corrected chi connectivity index (χ4v) is 1.34. The number of carbonyl (C=O) groups excluding carboxylic acids is 1. The number of hydrogen-bond donors (Lipinski definition) is 3. The Kier molecular flexibility index (Phi) is 3.11. The summed E-state index contributed by atoms with van der Waals surface area (Å²) in [5, 5.41) is 7.33. The number of nitrogens with two attached hydrogens (primary N) is 1. The molecule has 2 rings (SSSR count). The molecule has 0 bridgehead atoms. The Morgan fingerprint density at radius 3 is 2.26 bits per heavy atom. The van der Waals surface area contributed by atoms with Gasteiger partial charge in [-0.25, -0.2) is 17.6 Å². The maximum Gasteiger partial charge on any atom is 0.261 e. The van der Waals surface area contributed by atoms with Gasteiger partial charge in [0.05, 0.1) is 6.20 Å². The highest BCUT2D eigenvalue weighted by Crippen LogP contribution is 2.25. The zero-order valence-electron chi connectivity index (χ0n) is 9.10. The molecule has 100 valence electrons. The Bertz CT molecular complexity index is 629. The minimum atomic E-state index is -1.71. The molecule has 0 saturated heterocycles. The average Bonchev–Trinajstić information content (AvgIpc) is 2.78. The van der Waals surface area contributed by atoms with Crippen molar-refractivity contribution in [3.63, 3.8) is 0 Å². The molecule has 2 aromatic rings. The predicted molar refractivity (Wildman–Crippen MR) is 57.2 cm³/mol. The third kappa shape index (κ3) is 2.21. The van der Waals surface area contributed by atoms with Crippen LogP contribution in [-0.2, 0) is 0 Å². The molecule has 9 heteroatoms. The largest absolute Gasteiger partial charge is 0.383 e. The van der Waals surface area contributed by atoms with Crippen molar-refractivity contribution in [2.45, 2.75) is 0 Å². The number of H-pyrrole nitrogens is 1. The number of nitrogens with one attached hydrogen (secondary N) is 2. The SMILES string of the molecule is Nc1[nH]ncc1C(=O)Nc1c(F)c(F)cc(F)c1F. The maximum atomic E-state index is 13.3. The Labute approximate surface area is 103 Å². The minimum absolute atomic E-state index is 0.0343. The summed E-state index contributed by atoms with van der Waals surface area (Å²) in [6.07, 6.45) is 0.996. The first-order valence-electron chi connectivity index (χ1n) is 4.85. The van der Waals surface area contributed by atoms with Crippen LogP contribution in [0.1, 0.15) is 10.4 Å². The van der Waals surface area contributed by atoms with E-state index in [4.69, 9.17) is 5.73 Å². The van der Waals surface area contributed by atoms with Gasteiger partial charge in [-0.05, 0) is 0 Å². The molecule has 0 spiro atoms. The number of halogens is 4. The number of amides is 1. The van der Waals surface area contributed by atoms with Crippen LogP contribution in [0.3, 0.4) is 0 Å². The van der Waals surface area contributed by atoms with E-state index in [0.717, 1.165) is 6.20 Å². The molecule has 0 aliphatic carbocycles. The normalized spacial score (nSPS) is 10.5. The monoisotopic (exact) mass is 274 g/mol. The number of nitrogen functional groups attached to an aromatic ring is 1. The Morgan fingerprint density at radius 1 is 1.21 bits per heavy atom. The predicted octanol–water partition coefficient (Wildman–Crippen LogP) is 1.80. The first-order valence-corrected chi connectivity index (χ1v) is 4.85. The molecule has 19 heavy (non-hydrogen) atoms. The quantitative estimate of drug-likeness (QED) is 0.576. The second-order valence-corrected chi connectivity index (χ2v) is 3.49. The number of hydrogen-bond acceptors (Lipinski definition) is 3. The molecular formula is C10H6F4N4O. The first-order chi connectivity index (χ1) is 8.91. The van der Waals surface area contributed by atoms with E-state index in [-0.39, 0.29) is 17.4 Å². The lowest BCUT2D eigenvalue weighted by Crippen LogP contribution is -2.16. The molecule has 0 radical (unpaired) electrons. The number of anilines is 2. The van der Waals surface area contributed by atoms with Gasteiger partial charge in [0, 0.05) is 6.07 Å². The van der Waals surface area contributed by atoms with Crippen molar-refractivity contribution in [3.8, 4) is 0 Å². The average molecular weight is 274 g/mol. The summed E-state index contributed by atoms with van der Waals surface area (Å²) < 4.78 is 52.4. The molecule has 1 aromatic carbocycles. The molecule has 0 aliphatic heterocycles. The summed E-state index contributed by atoms with van der Waals surface area (Å²) in [6, 6.07) is 0.0343. The van der Waals surface area contributed by atoms with Crippen LogP contribution in [0.4, 0.5) is 29.1 Å². The van der Waals surface area contributed by atoms with Crippen molar-refractivity contribution in [1.29, 1.82) is 0 Å². The molecule has 1 amide bonds. The standard InChI is InChI=1S/C10H6F4N4O/c11-4-1-5(12)7(14)8(6(4)13)17-10(19)3-2-16-18-9(3)15/h1-2H,(H,17,19)(H3,15,16,18). The molecule has 0 atom stereocenters. The number of nitrogens with zero attached hydrogens (tertiary/aromatic N) is 1. The summed E-state index contributed by atoms with van der Waals surface area (Å²) in [6.45, 7) is 0. The van der Waals surface area contributed by atoms with E-state index >= 15 is 0 Å². The molecular weight excluding hydrogens is 268 g/mol. The summed E-state index contributed by atoms with van der Waals surface area (Å²) >= 11 is 0. The lowest BCUT2D eigenvalue weighted by molar-refractivity contribution is 0.102. The van der Waals surface area contributed by atoms with Crippen LogP contribution in [0, 0.1) is 23.3 Å². The Hall–Kier alpha value is -2.58. The van der Waals surface area contributed by atoms with E-state index in [1.54, 1.807) is 5.32 Å². The lowest BCUT2D eigenvalue weighted by atomic mass is 10.2. The summed E-state index contributed by atoms with van der Waals surface area (Å²) in [5.74, 6) is -7.91. The van der Waals surface area contributed by atoms with Gasteiger partial charge in [-0.15, -0.1) is 0 Å². The summed E-state index contributed by atoms with van der Waals surface area (Å²) in [7, 11) is 0. The zero-order chi connectivity index (χ0) is 14.2. The van der Waals surface area contributed by atoms with Crippen molar-refractivity contribution in [2.24, 2.45) is 0 Å². The van der Waals surface area contributed by atoms with Crippen LogP contribution in [0.15, 0.2) is 12.3 Å². The highest BCUT2D eigenvalue weighted by atomic mass is 19.2. The first kappa shape index (κ1) is 12.9. The number of rotatable bonds is 2. The summed E-state index contributed by atoms with van der Waals surface area (Å²) in [4.78, 5) is 11.6. The molecule has 5 nitrogen and oxygen atoms in total. The molecule has 0 fully saturated rings. The van der Waals surface area contributed by atoms with Gasteiger partial charge in [-0.2, -0.15) is 5.10 Å². The van der Waals surface area contributed by atoms with Crippen LogP contribution in [0.25, 0.3) is 0 Å². The minimum Gasteiger partial charge on any atom is -0.383 e. The van der Waals surface area contributed by atoms with Crippen molar-refractivity contribution in [3.05, 3.63) is 41.1 Å². The second kappa shape index (κ2) is 4.59. The molecule has 0 aliphatic rings. The third-order valence-electron chi connectivity index (χ3n) is 2.26. The molecule has 1 aromatic heterocycles. The van der Waals surface area contributed by atoms with Crippen LogP contribution < -0.4 is 11.1 Å². The lowest BCUT2D eigenvalue weighted by Gasteiger charge is -2.08. The van der Waals surface area contributed by atoms with E-state index in [2.05, 4.69) is 10.2 Å². The summed E-state index contributed by atoms with van der Waals surface area (Å²) in [5.41, 5.74) is 3.86. The van der Waals surface area contributed by atoms with Gasteiger partial charge in [0.2, 0.25) is 0 Å². The Morgan fingerprint density at radius 2 is 1.79 bits per heavy atom. The molecule has 1 heterocycles. The highest BCUT2D eigenvalue weighted by Gasteiger charge is 2.22. The number of carbonyl (C=O) groups is 1. The fourth-order valence-electron chi connectivity index (χ4n) is 1.34. The van der Waals surface area contributed by atoms with Gasteiger partial charge in [0.1, 0.15) is 17.1 Å².